The van der Waals surface area contributed by atoms with Crippen molar-refractivity contribution in [1.29, 1.82) is 0 Å². The van der Waals surface area contributed by atoms with Crippen LogP contribution in [0, 0.1) is 6.92 Å². The third kappa shape index (κ3) is 2.72. The smallest absolute Gasteiger partial charge is 0.266 e. The number of amides is 3. The van der Waals surface area contributed by atoms with Gasteiger partial charge in [-0.15, -0.1) is 11.3 Å². The number of carbonyl (C=O) groups excluding carboxylic acids is 3. The fourth-order valence-corrected chi connectivity index (χ4v) is 3.77. The molecule has 0 aliphatic carbocycles. The van der Waals surface area contributed by atoms with E-state index in [-0.39, 0.29) is 19.0 Å². The van der Waals surface area contributed by atoms with Crippen LogP contribution >= 0.6 is 22.7 Å². The Morgan fingerprint density at radius 2 is 2.05 bits per heavy atom. The summed E-state index contributed by atoms with van der Waals surface area (Å²) < 4.78 is 0. The van der Waals surface area contributed by atoms with Gasteiger partial charge >= 0.3 is 0 Å². The highest BCUT2D eigenvalue weighted by molar-refractivity contribution is 7.17. The van der Waals surface area contributed by atoms with Crippen molar-refractivity contribution in [2.75, 3.05) is 13.1 Å². The largest absolute Gasteiger partial charge is 0.319 e. The van der Waals surface area contributed by atoms with Crippen molar-refractivity contribution in [3.05, 3.63) is 27.4 Å². The monoisotopic (exact) mass is 321 g/mol. The molecule has 0 aromatic carbocycles. The first-order valence-electron chi connectivity index (χ1n) is 6.16. The average molecular weight is 321 g/mol. The van der Waals surface area contributed by atoms with Crippen molar-refractivity contribution in [3.63, 3.8) is 0 Å². The molecule has 2 aromatic rings. The van der Waals surface area contributed by atoms with Crippen molar-refractivity contribution in [2.24, 2.45) is 0 Å². The number of carbonyl (C=O) groups is 3. The minimum atomic E-state index is -0.458. The zero-order valence-electron chi connectivity index (χ0n) is 11.1. The molecule has 1 aliphatic rings. The Bertz CT molecular complexity index is 705. The molecule has 3 amide bonds. The lowest BCUT2D eigenvalue weighted by Gasteiger charge is -2.24. The second-order valence-corrected chi connectivity index (χ2v) is 6.36. The summed E-state index contributed by atoms with van der Waals surface area (Å²) >= 11 is 2.84. The SMILES string of the molecule is Cc1nc(-c2ccsc2)sc1C(=O)N1CC(=O)NC(=O)C1. The van der Waals surface area contributed by atoms with Gasteiger partial charge in [0.25, 0.3) is 5.91 Å². The van der Waals surface area contributed by atoms with Crippen molar-refractivity contribution >= 4 is 40.4 Å². The van der Waals surface area contributed by atoms with Gasteiger partial charge in [0.15, 0.2) is 0 Å². The zero-order chi connectivity index (χ0) is 15.0. The van der Waals surface area contributed by atoms with Gasteiger partial charge in [-0.05, 0) is 18.4 Å². The van der Waals surface area contributed by atoms with E-state index in [4.69, 9.17) is 0 Å². The first-order valence-corrected chi connectivity index (χ1v) is 7.92. The topological polar surface area (TPSA) is 79.4 Å². The molecule has 1 fully saturated rings. The zero-order valence-corrected chi connectivity index (χ0v) is 12.7. The Kier molecular flexibility index (Phi) is 3.56. The van der Waals surface area contributed by atoms with E-state index in [0.717, 1.165) is 10.6 Å². The molecular formula is C13H11N3O3S2. The van der Waals surface area contributed by atoms with Crippen LogP contribution in [0.5, 0.6) is 0 Å². The van der Waals surface area contributed by atoms with E-state index in [0.29, 0.717) is 10.6 Å². The molecule has 2 aromatic heterocycles. The number of nitrogens with one attached hydrogen (secondary N) is 1. The van der Waals surface area contributed by atoms with Crippen LogP contribution in [0.2, 0.25) is 0 Å². The summed E-state index contributed by atoms with van der Waals surface area (Å²) in [5.41, 5.74) is 1.59. The second kappa shape index (κ2) is 5.38. The molecule has 1 saturated heterocycles. The standard InChI is InChI=1S/C13H11N3O3S2/c1-7-11(21-12(14-7)8-2-3-20-6-8)13(19)16-4-9(17)15-10(18)5-16/h2-3,6H,4-5H2,1H3,(H,15,17,18). The van der Waals surface area contributed by atoms with E-state index in [2.05, 4.69) is 10.3 Å². The predicted molar refractivity (Wildman–Crippen MR) is 79.2 cm³/mol. The minimum Gasteiger partial charge on any atom is -0.319 e. The molecule has 6 nitrogen and oxygen atoms in total. The third-order valence-corrected chi connectivity index (χ3v) is 4.87. The predicted octanol–water partition coefficient (Wildman–Crippen LogP) is 1.28. The highest BCUT2D eigenvalue weighted by atomic mass is 32.1. The second-order valence-electron chi connectivity index (χ2n) is 4.58. The van der Waals surface area contributed by atoms with E-state index in [1.807, 2.05) is 16.8 Å². The first-order chi connectivity index (χ1) is 10.0. The Labute approximate surface area is 128 Å². The van der Waals surface area contributed by atoms with Crippen LogP contribution in [0.1, 0.15) is 15.4 Å². The minimum absolute atomic E-state index is 0.101. The molecule has 3 heterocycles. The van der Waals surface area contributed by atoms with E-state index >= 15 is 0 Å². The molecule has 0 radical (unpaired) electrons. The lowest BCUT2D eigenvalue weighted by molar-refractivity contribution is -0.135. The number of hydrogen-bond donors (Lipinski definition) is 1. The number of aromatic nitrogens is 1. The van der Waals surface area contributed by atoms with Gasteiger partial charge in [-0.2, -0.15) is 11.3 Å². The van der Waals surface area contributed by atoms with Crippen molar-refractivity contribution in [2.45, 2.75) is 6.92 Å². The van der Waals surface area contributed by atoms with E-state index in [1.54, 1.807) is 18.3 Å². The summed E-state index contributed by atoms with van der Waals surface area (Å²) in [6.45, 7) is 1.55. The Balaban J connectivity index is 1.88. The van der Waals surface area contributed by atoms with Gasteiger partial charge in [-0.3, -0.25) is 19.7 Å². The van der Waals surface area contributed by atoms with E-state index in [9.17, 15) is 14.4 Å². The van der Waals surface area contributed by atoms with Crippen LogP contribution in [-0.2, 0) is 9.59 Å². The van der Waals surface area contributed by atoms with Crippen LogP contribution in [0.3, 0.4) is 0 Å². The molecule has 0 unspecified atom stereocenters. The van der Waals surface area contributed by atoms with Gasteiger partial charge in [0.1, 0.15) is 23.0 Å². The molecule has 0 bridgehead atoms. The molecule has 0 saturated carbocycles. The highest BCUT2D eigenvalue weighted by Gasteiger charge is 2.29. The maximum absolute atomic E-state index is 12.5. The lowest BCUT2D eigenvalue weighted by Crippen LogP contribution is -2.53. The molecule has 108 valence electrons. The molecule has 0 spiro atoms. The Hall–Kier alpha value is -2.06. The normalized spacial score (nSPS) is 15.2. The molecule has 1 N–H and O–H groups in total. The quantitative estimate of drug-likeness (QED) is 0.845. The summed E-state index contributed by atoms with van der Waals surface area (Å²) in [6.07, 6.45) is 0. The summed E-state index contributed by atoms with van der Waals surface area (Å²) in [5, 5.41) is 6.85. The van der Waals surface area contributed by atoms with Crippen molar-refractivity contribution in [3.8, 4) is 10.6 Å². The molecule has 0 atom stereocenters. The number of thiazole rings is 1. The Morgan fingerprint density at radius 3 is 2.67 bits per heavy atom. The molecular weight excluding hydrogens is 310 g/mol. The van der Waals surface area contributed by atoms with Crippen LogP contribution < -0.4 is 5.32 Å². The fourth-order valence-electron chi connectivity index (χ4n) is 2.03. The summed E-state index contributed by atoms with van der Waals surface area (Å²) in [6, 6.07) is 1.94. The molecule has 3 rings (SSSR count). The van der Waals surface area contributed by atoms with Gasteiger partial charge in [0.2, 0.25) is 11.8 Å². The van der Waals surface area contributed by atoms with Crippen molar-refractivity contribution < 1.29 is 14.4 Å². The van der Waals surface area contributed by atoms with E-state index < -0.39 is 11.8 Å². The number of rotatable bonds is 2. The number of hydrogen-bond acceptors (Lipinski definition) is 6. The van der Waals surface area contributed by atoms with Gasteiger partial charge in [0, 0.05) is 10.9 Å². The number of aryl methyl sites for hydroxylation is 1. The summed E-state index contributed by atoms with van der Waals surface area (Å²) in [5.74, 6) is -1.24. The average Bonchev–Trinajstić information content (AvgIpc) is 3.05. The third-order valence-electron chi connectivity index (χ3n) is 2.99. The van der Waals surface area contributed by atoms with Crippen LogP contribution in [-0.4, -0.2) is 40.7 Å². The maximum atomic E-state index is 12.5. The Morgan fingerprint density at radius 1 is 1.33 bits per heavy atom. The van der Waals surface area contributed by atoms with Gasteiger partial charge in [-0.25, -0.2) is 4.98 Å². The van der Waals surface area contributed by atoms with Gasteiger partial charge in [-0.1, -0.05) is 0 Å². The summed E-state index contributed by atoms with van der Waals surface area (Å²) in [4.78, 5) is 41.3. The lowest BCUT2D eigenvalue weighted by atomic mass is 10.3. The van der Waals surface area contributed by atoms with Crippen LogP contribution in [0.15, 0.2) is 16.8 Å². The van der Waals surface area contributed by atoms with E-state index in [1.165, 1.54) is 16.2 Å². The fraction of sp³-hybridized carbons (Fsp3) is 0.231. The highest BCUT2D eigenvalue weighted by Crippen LogP contribution is 2.30. The number of imide groups is 1. The molecule has 8 heteroatoms. The van der Waals surface area contributed by atoms with Crippen molar-refractivity contribution in [1.82, 2.24) is 15.2 Å². The first kappa shape index (κ1) is 13.9. The maximum Gasteiger partial charge on any atom is 0.266 e. The van der Waals surface area contributed by atoms with Crippen LogP contribution in [0.25, 0.3) is 10.6 Å². The van der Waals surface area contributed by atoms with Crippen LogP contribution in [0.4, 0.5) is 0 Å². The van der Waals surface area contributed by atoms with Gasteiger partial charge < -0.3 is 4.90 Å². The number of piperazine rings is 1. The molecule has 21 heavy (non-hydrogen) atoms. The number of nitrogens with zero attached hydrogens (tertiary/aromatic N) is 2. The number of thiophene rings is 1. The molecule has 1 aliphatic heterocycles. The van der Waals surface area contributed by atoms with Gasteiger partial charge in [0.05, 0.1) is 5.69 Å². The summed E-state index contributed by atoms with van der Waals surface area (Å²) in [7, 11) is 0.